The van der Waals surface area contributed by atoms with Gasteiger partial charge in [-0.25, -0.2) is 0 Å². The Morgan fingerprint density at radius 2 is 2.36 bits per heavy atom. The lowest BCUT2D eigenvalue weighted by Crippen LogP contribution is -2.11. The molecule has 11 heavy (non-hydrogen) atoms. The molecular weight excluding hydrogens is 140 g/mol. The third-order valence-corrected chi connectivity index (χ3v) is 2.50. The lowest BCUT2D eigenvalue weighted by molar-refractivity contribution is 0.236. The van der Waals surface area contributed by atoms with E-state index in [0.29, 0.717) is 0 Å². The van der Waals surface area contributed by atoms with E-state index in [1.165, 1.54) is 0 Å². The van der Waals surface area contributed by atoms with Gasteiger partial charge in [0.15, 0.2) is 0 Å². The second kappa shape index (κ2) is 2.11. The normalized spacial score (nSPS) is 20.2. The molecule has 0 spiro atoms. The van der Waals surface area contributed by atoms with Gasteiger partial charge in [0.25, 0.3) is 0 Å². The number of furan rings is 1. The van der Waals surface area contributed by atoms with Crippen molar-refractivity contribution < 1.29 is 9.52 Å². The molecule has 0 amide bonds. The predicted octanol–water partition coefficient (Wildman–Crippen LogP) is 1.61. The molecule has 1 aromatic heterocycles. The van der Waals surface area contributed by atoms with Crippen LogP contribution in [0.3, 0.4) is 0 Å². The van der Waals surface area contributed by atoms with Gasteiger partial charge in [-0.15, -0.1) is 0 Å². The van der Waals surface area contributed by atoms with Crippen molar-refractivity contribution in [1.82, 2.24) is 0 Å². The van der Waals surface area contributed by atoms with E-state index < -0.39 is 0 Å². The van der Waals surface area contributed by atoms with Crippen molar-refractivity contribution >= 4 is 0 Å². The van der Waals surface area contributed by atoms with Crippen molar-refractivity contribution in [2.24, 2.45) is 0 Å². The monoisotopic (exact) mass is 152 g/mol. The SMILES string of the molecule is Cc1ccoc1C1(CO)CC1. The molecule has 1 aliphatic carbocycles. The van der Waals surface area contributed by atoms with Gasteiger partial charge in [0.1, 0.15) is 5.76 Å². The Hall–Kier alpha value is -0.760. The van der Waals surface area contributed by atoms with Crippen LogP contribution in [0.4, 0.5) is 0 Å². The molecule has 0 atom stereocenters. The van der Waals surface area contributed by atoms with Crippen molar-refractivity contribution in [3.05, 3.63) is 23.7 Å². The molecule has 1 fully saturated rings. The van der Waals surface area contributed by atoms with E-state index in [-0.39, 0.29) is 12.0 Å². The first kappa shape index (κ1) is 6.92. The highest BCUT2D eigenvalue weighted by atomic mass is 16.3. The van der Waals surface area contributed by atoms with Crippen LogP contribution < -0.4 is 0 Å². The third-order valence-electron chi connectivity index (χ3n) is 2.50. The van der Waals surface area contributed by atoms with E-state index in [2.05, 4.69) is 0 Å². The summed E-state index contributed by atoms with van der Waals surface area (Å²) in [4.78, 5) is 0. The maximum Gasteiger partial charge on any atom is 0.115 e. The molecule has 1 saturated carbocycles. The molecule has 0 saturated heterocycles. The van der Waals surface area contributed by atoms with Crippen LogP contribution in [-0.4, -0.2) is 11.7 Å². The Kier molecular flexibility index (Phi) is 1.33. The Balaban J connectivity index is 2.35. The zero-order valence-electron chi connectivity index (χ0n) is 6.63. The van der Waals surface area contributed by atoms with Gasteiger partial charge in [0.05, 0.1) is 18.3 Å². The van der Waals surface area contributed by atoms with Crippen LogP contribution in [0.2, 0.25) is 0 Å². The van der Waals surface area contributed by atoms with Gasteiger partial charge in [0.2, 0.25) is 0 Å². The summed E-state index contributed by atoms with van der Waals surface area (Å²) in [6.07, 6.45) is 3.83. The van der Waals surface area contributed by atoms with Crippen LogP contribution in [0.5, 0.6) is 0 Å². The molecule has 1 N–H and O–H groups in total. The summed E-state index contributed by atoms with van der Waals surface area (Å²) < 4.78 is 5.32. The van der Waals surface area contributed by atoms with Gasteiger partial charge in [-0.2, -0.15) is 0 Å². The van der Waals surface area contributed by atoms with Crippen molar-refractivity contribution in [2.75, 3.05) is 6.61 Å². The first-order valence-corrected chi connectivity index (χ1v) is 3.94. The molecule has 1 heterocycles. The summed E-state index contributed by atoms with van der Waals surface area (Å²) in [5.74, 6) is 0.986. The molecule has 2 heteroatoms. The molecule has 0 aliphatic heterocycles. The molecule has 1 aromatic rings. The average Bonchev–Trinajstić information content (AvgIpc) is 2.70. The topological polar surface area (TPSA) is 33.4 Å². The minimum atomic E-state index is -0.00637. The van der Waals surface area contributed by atoms with Crippen molar-refractivity contribution in [3.8, 4) is 0 Å². The molecule has 1 aliphatic rings. The zero-order chi connectivity index (χ0) is 7.90. The molecular formula is C9H12O2. The summed E-state index contributed by atoms with van der Waals surface area (Å²) >= 11 is 0. The minimum absolute atomic E-state index is 0.00637. The summed E-state index contributed by atoms with van der Waals surface area (Å²) in [7, 11) is 0. The van der Waals surface area contributed by atoms with Crippen LogP contribution >= 0.6 is 0 Å². The summed E-state index contributed by atoms with van der Waals surface area (Å²) in [5.41, 5.74) is 1.16. The number of aliphatic hydroxyl groups excluding tert-OH is 1. The van der Waals surface area contributed by atoms with Crippen molar-refractivity contribution in [2.45, 2.75) is 25.2 Å². The Morgan fingerprint density at radius 3 is 2.73 bits per heavy atom. The third kappa shape index (κ3) is 0.897. The van der Waals surface area contributed by atoms with E-state index in [4.69, 9.17) is 9.52 Å². The summed E-state index contributed by atoms with van der Waals surface area (Å²) in [5, 5.41) is 9.09. The summed E-state index contributed by atoms with van der Waals surface area (Å²) in [6, 6.07) is 1.95. The van der Waals surface area contributed by atoms with Crippen LogP contribution in [0.15, 0.2) is 16.7 Å². The molecule has 0 bridgehead atoms. The second-order valence-electron chi connectivity index (χ2n) is 3.37. The van der Waals surface area contributed by atoms with E-state index in [9.17, 15) is 0 Å². The quantitative estimate of drug-likeness (QED) is 0.698. The molecule has 2 nitrogen and oxygen atoms in total. The largest absolute Gasteiger partial charge is 0.468 e. The predicted molar refractivity (Wildman–Crippen MR) is 41.4 cm³/mol. The number of rotatable bonds is 2. The lowest BCUT2D eigenvalue weighted by Gasteiger charge is -2.08. The van der Waals surface area contributed by atoms with Crippen molar-refractivity contribution in [3.63, 3.8) is 0 Å². The second-order valence-corrected chi connectivity index (χ2v) is 3.37. The van der Waals surface area contributed by atoms with Crippen molar-refractivity contribution in [1.29, 1.82) is 0 Å². The molecule has 60 valence electrons. The van der Waals surface area contributed by atoms with Gasteiger partial charge in [-0.1, -0.05) is 0 Å². The smallest absolute Gasteiger partial charge is 0.115 e. The Morgan fingerprint density at radius 1 is 1.64 bits per heavy atom. The van der Waals surface area contributed by atoms with Gasteiger partial charge in [0, 0.05) is 0 Å². The highest BCUT2D eigenvalue weighted by Gasteiger charge is 2.47. The maximum absolute atomic E-state index is 9.09. The number of hydrogen-bond donors (Lipinski definition) is 1. The number of aliphatic hydroxyl groups is 1. The maximum atomic E-state index is 9.09. The fourth-order valence-electron chi connectivity index (χ4n) is 1.52. The fourth-order valence-corrected chi connectivity index (χ4v) is 1.52. The Labute approximate surface area is 65.8 Å². The van der Waals surface area contributed by atoms with Gasteiger partial charge in [-0.3, -0.25) is 0 Å². The molecule has 0 unspecified atom stereocenters. The van der Waals surface area contributed by atoms with E-state index in [1.807, 2.05) is 13.0 Å². The number of hydrogen-bond acceptors (Lipinski definition) is 2. The van der Waals surface area contributed by atoms with Crippen LogP contribution in [0.1, 0.15) is 24.2 Å². The van der Waals surface area contributed by atoms with E-state index in [0.717, 1.165) is 24.2 Å². The standard InChI is InChI=1S/C9H12O2/c1-7-2-5-11-8(7)9(6-10)3-4-9/h2,5,10H,3-4,6H2,1H3. The highest BCUT2D eigenvalue weighted by molar-refractivity contribution is 5.29. The van der Waals surface area contributed by atoms with Gasteiger partial charge < -0.3 is 9.52 Å². The lowest BCUT2D eigenvalue weighted by atomic mass is 10.0. The molecule has 0 aromatic carbocycles. The first-order valence-electron chi connectivity index (χ1n) is 3.94. The van der Waals surface area contributed by atoms with E-state index >= 15 is 0 Å². The van der Waals surface area contributed by atoms with Crippen LogP contribution in [0, 0.1) is 6.92 Å². The molecule has 0 radical (unpaired) electrons. The van der Waals surface area contributed by atoms with E-state index in [1.54, 1.807) is 6.26 Å². The molecule has 2 rings (SSSR count). The first-order chi connectivity index (χ1) is 5.28. The highest BCUT2D eigenvalue weighted by Crippen LogP contribution is 2.48. The minimum Gasteiger partial charge on any atom is -0.468 e. The van der Waals surface area contributed by atoms with Gasteiger partial charge >= 0.3 is 0 Å². The van der Waals surface area contributed by atoms with Crippen LogP contribution in [0.25, 0.3) is 0 Å². The fraction of sp³-hybridized carbons (Fsp3) is 0.556. The number of aryl methyl sites for hydroxylation is 1. The van der Waals surface area contributed by atoms with Gasteiger partial charge in [-0.05, 0) is 31.4 Å². The summed E-state index contributed by atoms with van der Waals surface area (Å²) in [6.45, 7) is 2.25. The Bertz CT molecular complexity index is 258. The van der Waals surface area contributed by atoms with Crippen LogP contribution in [-0.2, 0) is 5.41 Å². The zero-order valence-corrected chi connectivity index (χ0v) is 6.63. The average molecular weight is 152 g/mol.